The molecule has 0 aliphatic heterocycles. The molecule has 37 heavy (non-hydrogen) atoms. The predicted octanol–water partition coefficient (Wildman–Crippen LogP) is 5.36. The Balaban J connectivity index is 1.78. The average molecular weight is 502 g/mol. The fourth-order valence-electron chi connectivity index (χ4n) is 3.89. The van der Waals surface area contributed by atoms with Crippen molar-refractivity contribution in [2.24, 2.45) is 0 Å². The summed E-state index contributed by atoms with van der Waals surface area (Å²) in [6.07, 6.45) is 7.14. The molecule has 0 spiro atoms. The van der Waals surface area contributed by atoms with E-state index in [9.17, 15) is 18.4 Å². The molecular weight excluding hydrogens is 476 g/mol. The summed E-state index contributed by atoms with van der Waals surface area (Å²) >= 11 is 0. The van der Waals surface area contributed by atoms with Gasteiger partial charge in [-0.3, -0.25) is 4.79 Å². The van der Waals surface area contributed by atoms with Crippen molar-refractivity contribution in [3.63, 3.8) is 0 Å². The molecule has 6 nitrogen and oxygen atoms in total. The van der Waals surface area contributed by atoms with Crippen molar-refractivity contribution in [1.29, 1.82) is 0 Å². The van der Waals surface area contributed by atoms with Gasteiger partial charge in [0.1, 0.15) is 17.7 Å². The second-order valence-corrected chi connectivity index (χ2v) is 8.44. The van der Waals surface area contributed by atoms with Crippen molar-refractivity contribution >= 4 is 23.5 Å². The van der Waals surface area contributed by atoms with Crippen LogP contribution in [0.1, 0.15) is 28.4 Å². The van der Waals surface area contributed by atoms with Crippen LogP contribution in [0.25, 0.3) is 22.8 Å². The monoisotopic (exact) mass is 501 g/mol. The Labute approximate surface area is 213 Å². The second-order valence-electron chi connectivity index (χ2n) is 8.44. The Bertz CT molecular complexity index is 1410. The molecule has 1 unspecified atom stereocenters. The Morgan fingerprint density at radius 1 is 1.03 bits per heavy atom. The highest BCUT2D eigenvalue weighted by Crippen LogP contribution is 2.28. The van der Waals surface area contributed by atoms with Gasteiger partial charge in [0.05, 0.1) is 13.4 Å². The van der Waals surface area contributed by atoms with Gasteiger partial charge in [0.15, 0.2) is 0 Å². The second kappa shape index (κ2) is 11.4. The van der Waals surface area contributed by atoms with E-state index < -0.39 is 23.7 Å². The molecule has 1 aromatic heterocycles. The quantitative estimate of drug-likeness (QED) is 0.261. The molecular formula is C29H25F2N3O3. The number of allylic oxidation sites excluding steroid dienone is 1. The van der Waals surface area contributed by atoms with E-state index in [1.54, 1.807) is 48.9 Å². The summed E-state index contributed by atoms with van der Waals surface area (Å²) in [7, 11) is 1.25. The van der Waals surface area contributed by atoms with E-state index in [0.29, 0.717) is 23.2 Å². The van der Waals surface area contributed by atoms with Crippen LogP contribution in [0.15, 0.2) is 85.5 Å². The van der Waals surface area contributed by atoms with Gasteiger partial charge in [-0.15, -0.1) is 0 Å². The number of carbonyl (C=O) groups is 2. The molecule has 0 fully saturated rings. The molecule has 1 amide bonds. The first-order valence-corrected chi connectivity index (χ1v) is 11.5. The van der Waals surface area contributed by atoms with Crippen LogP contribution in [-0.2, 0) is 16.1 Å². The Morgan fingerprint density at radius 2 is 1.70 bits per heavy atom. The number of esters is 1. The number of aromatic nitrogens is 2. The molecule has 0 aliphatic carbocycles. The Morgan fingerprint density at radius 3 is 2.32 bits per heavy atom. The number of halogens is 2. The maximum atomic E-state index is 13.6. The molecule has 4 rings (SSSR count). The molecule has 0 aliphatic rings. The summed E-state index contributed by atoms with van der Waals surface area (Å²) in [4.78, 5) is 29.0. The first-order chi connectivity index (χ1) is 17.8. The molecule has 188 valence electrons. The van der Waals surface area contributed by atoms with Gasteiger partial charge in [-0.2, -0.15) is 0 Å². The number of hydrogen-bond donors (Lipinski definition) is 1. The minimum absolute atomic E-state index is 0.317. The molecule has 1 N–H and O–H groups in total. The summed E-state index contributed by atoms with van der Waals surface area (Å²) < 4.78 is 33.8. The van der Waals surface area contributed by atoms with E-state index in [1.807, 2.05) is 22.9 Å². The largest absolute Gasteiger partial charge is 0.467 e. The van der Waals surface area contributed by atoms with Gasteiger partial charge in [-0.05, 0) is 77.2 Å². The first-order valence-electron chi connectivity index (χ1n) is 11.5. The van der Waals surface area contributed by atoms with Crippen LogP contribution >= 0.6 is 0 Å². The number of benzene rings is 3. The summed E-state index contributed by atoms with van der Waals surface area (Å²) in [5, 5.41) is 2.64. The molecule has 0 bridgehead atoms. The standard InChI is InChI=1S/C29H25F2N3O3/c1-19(29(36)37-2)33-28(35)26-12-3-20(16-27(26)22-6-10-25(31)11-7-22)15-23(17-34-14-13-32-18-34)21-4-8-24(30)9-5-21/h3-16,18-19H,17H2,1-2H3,(H,33,35)/b23-15-. The highest BCUT2D eigenvalue weighted by molar-refractivity contribution is 6.03. The van der Waals surface area contributed by atoms with Crippen LogP contribution < -0.4 is 5.32 Å². The van der Waals surface area contributed by atoms with Gasteiger partial charge >= 0.3 is 5.97 Å². The van der Waals surface area contributed by atoms with E-state index in [-0.39, 0.29) is 5.82 Å². The Hall–Kier alpha value is -4.59. The van der Waals surface area contributed by atoms with Crippen molar-refractivity contribution < 1.29 is 23.1 Å². The minimum Gasteiger partial charge on any atom is -0.467 e. The number of nitrogens with one attached hydrogen (secondary N) is 1. The number of methoxy groups -OCH3 is 1. The van der Waals surface area contributed by atoms with E-state index in [0.717, 1.165) is 16.7 Å². The lowest BCUT2D eigenvalue weighted by molar-refractivity contribution is -0.142. The number of amides is 1. The number of hydrogen-bond acceptors (Lipinski definition) is 4. The fourth-order valence-corrected chi connectivity index (χ4v) is 3.89. The van der Waals surface area contributed by atoms with Crippen LogP contribution in [0.5, 0.6) is 0 Å². The average Bonchev–Trinajstić information content (AvgIpc) is 3.42. The Kier molecular flexibility index (Phi) is 7.88. The number of rotatable bonds is 8. The lowest BCUT2D eigenvalue weighted by atomic mass is 9.94. The molecule has 1 heterocycles. The molecule has 8 heteroatoms. The summed E-state index contributed by atoms with van der Waals surface area (Å²) in [5.41, 5.74) is 4.00. The fraction of sp³-hybridized carbons (Fsp3) is 0.138. The zero-order valence-electron chi connectivity index (χ0n) is 20.3. The molecule has 1 atom stereocenters. The third-order valence-electron chi connectivity index (χ3n) is 5.81. The zero-order valence-corrected chi connectivity index (χ0v) is 20.3. The summed E-state index contributed by atoms with van der Waals surface area (Å²) in [6, 6.07) is 16.4. The topological polar surface area (TPSA) is 73.2 Å². The maximum absolute atomic E-state index is 13.6. The summed E-state index contributed by atoms with van der Waals surface area (Å²) in [6.45, 7) is 2.01. The van der Waals surface area contributed by atoms with Crippen LogP contribution in [0, 0.1) is 11.6 Å². The molecule has 0 saturated carbocycles. The number of nitrogens with zero attached hydrogens (tertiary/aromatic N) is 2. The number of ether oxygens (including phenoxy) is 1. The van der Waals surface area contributed by atoms with Crippen molar-refractivity contribution in [3.05, 3.63) is 114 Å². The van der Waals surface area contributed by atoms with Crippen molar-refractivity contribution in [1.82, 2.24) is 14.9 Å². The van der Waals surface area contributed by atoms with Crippen molar-refractivity contribution in [2.45, 2.75) is 19.5 Å². The van der Waals surface area contributed by atoms with Crippen molar-refractivity contribution in [2.75, 3.05) is 7.11 Å². The van der Waals surface area contributed by atoms with E-state index in [4.69, 9.17) is 4.74 Å². The SMILES string of the molecule is COC(=O)C(C)NC(=O)c1ccc(/C=C(/Cn2ccnc2)c2ccc(F)cc2)cc1-c1ccc(F)cc1. The van der Waals surface area contributed by atoms with E-state index in [1.165, 1.54) is 38.3 Å². The lowest BCUT2D eigenvalue weighted by Gasteiger charge is -2.15. The van der Waals surface area contributed by atoms with Gasteiger partial charge in [-0.1, -0.05) is 30.3 Å². The third kappa shape index (κ3) is 6.35. The minimum atomic E-state index is -0.849. The number of carbonyl (C=O) groups excluding carboxylic acids is 2. The van der Waals surface area contributed by atoms with Gasteiger partial charge in [0, 0.05) is 24.5 Å². The van der Waals surface area contributed by atoms with Crippen LogP contribution in [-0.4, -0.2) is 34.6 Å². The third-order valence-corrected chi connectivity index (χ3v) is 5.81. The van der Waals surface area contributed by atoms with E-state index >= 15 is 0 Å². The normalized spacial score (nSPS) is 12.2. The zero-order chi connectivity index (χ0) is 26.4. The maximum Gasteiger partial charge on any atom is 0.328 e. The smallest absolute Gasteiger partial charge is 0.328 e. The highest BCUT2D eigenvalue weighted by Gasteiger charge is 2.20. The number of imidazole rings is 1. The van der Waals surface area contributed by atoms with Gasteiger partial charge in [0.2, 0.25) is 0 Å². The van der Waals surface area contributed by atoms with Gasteiger partial charge < -0.3 is 14.6 Å². The van der Waals surface area contributed by atoms with Gasteiger partial charge in [0.25, 0.3) is 5.91 Å². The van der Waals surface area contributed by atoms with Crippen LogP contribution in [0.3, 0.4) is 0 Å². The predicted molar refractivity (Wildman–Crippen MR) is 137 cm³/mol. The van der Waals surface area contributed by atoms with E-state index in [2.05, 4.69) is 10.3 Å². The van der Waals surface area contributed by atoms with Gasteiger partial charge in [-0.25, -0.2) is 18.6 Å². The molecule has 3 aromatic carbocycles. The molecule has 4 aromatic rings. The lowest BCUT2D eigenvalue weighted by Crippen LogP contribution is -2.39. The summed E-state index contributed by atoms with van der Waals surface area (Å²) in [5.74, 6) is -1.77. The first kappa shape index (κ1) is 25.5. The van der Waals surface area contributed by atoms with Crippen LogP contribution in [0.4, 0.5) is 8.78 Å². The molecule has 0 saturated heterocycles. The molecule has 0 radical (unpaired) electrons. The van der Waals surface area contributed by atoms with Crippen molar-refractivity contribution in [3.8, 4) is 11.1 Å². The highest BCUT2D eigenvalue weighted by atomic mass is 19.1. The van der Waals surface area contributed by atoms with Crippen LogP contribution in [0.2, 0.25) is 0 Å².